The summed E-state index contributed by atoms with van der Waals surface area (Å²) in [5.41, 5.74) is 0.344. The third kappa shape index (κ3) is 2.83. The van der Waals surface area contributed by atoms with Crippen LogP contribution in [0.15, 0.2) is 42.6 Å². The molecule has 0 aliphatic carbocycles. The van der Waals surface area contributed by atoms with Gasteiger partial charge in [0.25, 0.3) is 5.69 Å². The standard InChI is InChI=1S/C12H9N3O4/c16-12(17)9-3-1-2-4-10(9)14-11-6-5-8(7-13-11)15(18)19/h1-7H,(H,13,14)(H,16,17). The number of para-hydroxylation sites is 1. The number of nitrogens with zero attached hydrogens (tertiary/aromatic N) is 2. The van der Waals surface area contributed by atoms with E-state index in [2.05, 4.69) is 10.3 Å². The van der Waals surface area contributed by atoms with Crippen molar-refractivity contribution in [2.75, 3.05) is 5.32 Å². The van der Waals surface area contributed by atoms with E-state index in [4.69, 9.17) is 5.11 Å². The summed E-state index contributed by atoms with van der Waals surface area (Å²) < 4.78 is 0. The Labute approximate surface area is 107 Å². The summed E-state index contributed by atoms with van der Waals surface area (Å²) in [5.74, 6) is -0.732. The van der Waals surface area contributed by atoms with Crippen molar-refractivity contribution >= 4 is 23.2 Å². The van der Waals surface area contributed by atoms with Crippen LogP contribution in [0.4, 0.5) is 17.2 Å². The molecular formula is C12H9N3O4. The molecule has 0 fully saturated rings. The molecule has 0 atom stereocenters. The Kier molecular flexibility index (Phi) is 3.37. The number of carboxylic acid groups (broad SMARTS) is 1. The van der Waals surface area contributed by atoms with Crippen molar-refractivity contribution in [2.24, 2.45) is 0 Å². The van der Waals surface area contributed by atoms with Gasteiger partial charge >= 0.3 is 5.97 Å². The summed E-state index contributed by atoms with van der Waals surface area (Å²) in [7, 11) is 0. The summed E-state index contributed by atoms with van der Waals surface area (Å²) >= 11 is 0. The van der Waals surface area contributed by atoms with Crippen LogP contribution in [0.2, 0.25) is 0 Å². The maximum Gasteiger partial charge on any atom is 0.337 e. The molecule has 1 aromatic carbocycles. The largest absolute Gasteiger partial charge is 0.478 e. The summed E-state index contributed by atoms with van der Waals surface area (Å²) in [4.78, 5) is 24.8. The van der Waals surface area contributed by atoms with Crippen molar-refractivity contribution in [3.8, 4) is 0 Å². The molecule has 0 bridgehead atoms. The lowest BCUT2D eigenvalue weighted by atomic mass is 10.2. The third-order valence-corrected chi connectivity index (χ3v) is 2.38. The van der Waals surface area contributed by atoms with E-state index < -0.39 is 10.9 Å². The smallest absolute Gasteiger partial charge is 0.337 e. The lowest BCUT2D eigenvalue weighted by Gasteiger charge is -2.08. The van der Waals surface area contributed by atoms with E-state index >= 15 is 0 Å². The molecule has 0 saturated heterocycles. The van der Waals surface area contributed by atoms with Crippen molar-refractivity contribution in [1.82, 2.24) is 4.98 Å². The summed E-state index contributed by atoms with van der Waals surface area (Å²) in [6.07, 6.45) is 1.10. The highest BCUT2D eigenvalue weighted by molar-refractivity contribution is 5.94. The van der Waals surface area contributed by atoms with Crippen LogP contribution in [0.5, 0.6) is 0 Å². The minimum atomic E-state index is -1.06. The van der Waals surface area contributed by atoms with Crippen molar-refractivity contribution in [3.63, 3.8) is 0 Å². The summed E-state index contributed by atoms with van der Waals surface area (Å²) in [5, 5.41) is 22.3. The maximum absolute atomic E-state index is 11.0. The summed E-state index contributed by atoms with van der Waals surface area (Å²) in [6, 6.07) is 9.04. The van der Waals surface area contributed by atoms with Crippen molar-refractivity contribution in [2.45, 2.75) is 0 Å². The number of hydrogen-bond acceptors (Lipinski definition) is 5. The Morgan fingerprint density at radius 2 is 2.00 bits per heavy atom. The van der Waals surface area contributed by atoms with Crippen LogP contribution in [0, 0.1) is 10.1 Å². The van der Waals surface area contributed by atoms with Crippen LogP contribution in [0.3, 0.4) is 0 Å². The van der Waals surface area contributed by atoms with E-state index in [-0.39, 0.29) is 11.3 Å². The van der Waals surface area contributed by atoms with Gasteiger partial charge in [0.05, 0.1) is 16.2 Å². The Hall–Kier alpha value is -2.96. The fraction of sp³-hybridized carbons (Fsp3) is 0. The van der Waals surface area contributed by atoms with Gasteiger partial charge in [-0.2, -0.15) is 0 Å². The van der Waals surface area contributed by atoms with Crippen LogP contribution in [-0.4, -0.2) is 21.0 Å². The quantitative estimate of drug-likeness (QED) is 0.645. The van der Waals surface area contributed by atoms with Gasteiger partial charge in [-0.3, -0.25) is 10.1 Å². The molecule has 0 radical (unpaired) electrons. The summed E-state index contributed by atoms with van der Waals surface area (Å²) in [6.45, 7) is 0. The predicted molar refractivity (Wildman–Crippen MR) is 67.6 cm³/mol. The SMILES string of the molecule is O=C(O)c1ccccc1Nc1ccc([N+](=O)[O-])cn1. The van der Waals surface area contributed by atoms with Crippen LogP contribution < -0.4 is 5.32 Å². The lowest BCUT2D eigenvalue weighted by molar-refractivity contribution is -0.385. The Balaban J connectivity index is 2.26. The van der Waals surface area contributed by atoms with Crippen LogP contribution in [0.25, 0.3) is 0 Å². The molecule has 2 aromatic rings. The minimum absolute atomic E-state index is 0.0997. The number of aromatic nitrogens is 1. The molecule has 1 heterocycles. The monoisotopic (exact) mass is 259 g/mol. The average Bonchev–Trinajstić information content (AvgIpc) is 2.39. The van der Waals surface area contributed by atoms with Crippen LogP contribution >= 0.6 is 0 Å². The normalized spacial score (nSPS) is 9.89. The van der Waals surface area contributed by atoms with Gasteiger partial charge in [0, 0.05) is 6.07 Å². The Bertz CT molecular complexity index is 625. The van der Waals surface area contributed by atoms with E-state index in [1.54, 1.807) is 18.2 Å². The highest BCUT2D eigenvalue weighted by Crippen LogP contribution is 2.20. The molecular weight excluding hydrogens is 250 g/mol. The number of carbonyl (C=O) groups is 1. The van der Waals surface area contributed by atoms with E-state index in [1.807, 2.05) is 0 Å². The van der Waals surface area contributed by atoms with Gasteiger partial charge in [0.15, 0.2) is 0 Å². The van der Waals surface area contributed by atoms with Gasteiger partial charge in [-0.05, 0) is 18.2 Å². The van der Waals surface area contributed by atoms with E-state index in [9.17, 15) is 14.9 Å². The number of rotatable bonds is 4. The molecule has 2 N–H and O–H groups in total. The number of anilines is 2. The second kappa shape index (κ2) is 5.13. The number of pyridine rings is 1. The minimum Gasteiger partial charge on any atom is -0.478 e. The first-order valence-electron chi connectivity index (χ1n) is 5.28. The van der Waals surface area contributed by atoms with Crippen molar-refractivity contribution in [3.05, 3.63) is 58.3 Å². The molecule has 7 heteroatoms. The molecule has 0 saturated carbocycles. The van der Waals surface area contributed by atoms with Gasteiger partial charge in [-0.25, -0.2) is 9.78 Å². The average molecular weight is 259 g/mol. The van der Waals surface area contributed by atoms with Gasteiger partial charge < -0.3 is 10.4 Å². The molecule has 0 amide bonds. The second-order valence-electron chi connectivity index (χ2n) is 3.63. The highest BCUT2D eigenvalue weighted by Gasteiger charge is 2.10. The molecule has 0 aliphatic heterocycles. The van der Waals surface area contributed by atoms with E-state index in [0.29, 0.717) is 11.5 Å². The zero-order valence-electron chi connectivity index (χ0n) is 9.61. The first kappa shape index (κ1) is 12.5. The molecule has 19 heavy (non-hydrogen) atoms. The number of hydrogen-bond donors (Lipinski definition) is 2. The molecule has 96 valence electrons. The van der Waals surface area contributed by atoms with Crippen molar-refractivity contribution < 1.29 is 14.8 Å². The lowest BCUT2D eigenvalue weighted by Crippen LogP contribution is -2.03. The topological polar surface area (TPSA) is 105 Å². The molecule has 2 rings (SSSR count). The van der Waals surface area contributed by atoms with E-state index in [1.165, 1.54) is 18.2 Å². The van der Waals surface area contributed by atoms with Crippen LogP contribution in [-0.2, 0) is 0 Å². The zero-order valence-corrected chi connectivity index (χ0v) is 9.61. The van der Waals surface area contributed by atoms with Crippen LogP contribution in [0.1, 0.15) is 10.4 Å². The van der Waals surface area contributed by atoms with E-state index in [0.717, 1.165) is 6.20 Å². The van der Waals surface area contributed by atoms with Gasteiger partial charge in [-0.15, -0.1) is 0 Å². The zero-order chi connectivity index (χ0) is 13.8. The second-order valence-corrected chi connectivity index (χ2v) is 3.63. The number of aromatic carboxylic acids is 1. The molecule has 0 spiro atoms. The van der Waals surface area contributed by atoms with Gasteiger partial charge in [0.2, 0.25) is 0 Å². The van der Waals surface area contributed by atoms with Crippen molar-refractivity contribution in [1.29, 1.82) is 0 Å². The molecule has 0 aliphatic rings. The number of nitrogens with one attached hydrogen (secondary N) is 1. The fourth-order valence-electron chi connectivity index (χ4n) is 1.48. The Morgan fingerprint density at radius 3 is 2.58 bits per heavy atom. The third-order valence-electron chi connectivity index (χ3n) is 2.38. The van der Waals surface area contributed by atoms with Gasteiger partial charge in [0.1, 0.15) is 12.0 Å². The number of benzene rings is 1. The fourth-order valence-corrected chi connectivity index (χ4v) is 1.48. The Morgan fingerprint density at radius 1 is 1.26 bits per heavy atom. The maximum atomic E-state index is 11.0. The first-order valence-corrected chi connectivity index (χ1v) is 5.28. The predicted octanol–water partition coefficient (Wildman–Crippen LogP) is 2.43. The molecule has 1 aromatic heterocycles. The highest BCUT2D eigenvalue weighted by atomic mass is 16.6. The number of carboxylic acids is 1. The first-order chi connectivity index (χ1) is 9.08. The number of nitro groups is 1. The molecule has 0 unspecified atom stereocenters. The molecule has 7 nitrogen and oxygen atoms in total. The van der Waals surface area contributed by atoms with Gasteiger partial charge in [-0.1, -0.05) is 12.1 Å².